The topological polar surface area (TPSA) is 111 Å². The van der Waals surface area contributed by atoms with Crippen LogP contribution in [-0.4, -0.2) is 16.1 Å². The predicted octanol–water partition coefficient (Wildman–Crippen LogP) is 3.34. The number of nitro benzene ring substituents is 2. The molecule has 0 amide bonds. The second-order valence-electron chi connectivity index (χ2n) is 4.37. The first kappa shape index (κ1) is 15.5. The lowest BCUT2D eigenvalue weighted by atomic mass is 10.1. The first-order valence-electron chi connectivity index (χ1n) is 6.17. The van der Waals surface area contributed by atoms with Gasteiger partial charge in [0.15, 0.2) is 0 Å². The number of hydrogen-bond acceptors (Lipinski definition) is 6. The summed E-state index contributed by atoms with van der Waals surface area (Å²) in [6, 6.07) is 3.38. The fourth-order valence-electron chi connectivity index (χ4n) is 1.64. The molecule has 0 aliphatic heterocycles. The highest BCUT2D eigenvalue weighted by Gasteiger charge is 2.19. The minimum absolute atomic E-state index is 0.126. The van der Waals surface area contributed by atoms with Crippen molar-refractivity contribution in [2.75, 3.05) is 5.43 Å². The van der Waals surface area contributed by atoms with E-state index in [0.717, 1.165) is 18.9 Å². The molecule has 0 saturated carbocycles. The fraction of sp³-hybridized carbons (Fsp3) is 0.417. The highest BCUT2D eigenvalue weighted by molar-refractivity contribution is 5.68. The lowest BCUT2D eigenvalue weighted by Crippen LogP contribution is -2.01. The molecule has 0 radical (unpaired) electrons. The Morgan fingerprint density at radius 3 is 2.60 bits per heavy atom. The number of hydrogen-bond donors (Lipinski definition) is 1. The molecular formula is C12H16N4O4. The van der Waals surface area contributed by atoms with Crippen LogP contribution in [0.2, 0.25) is 0 Å². The Kier molecular flexibility index (Phi) is 5.57. The van der Waals surface area contributed by atoms with E-state index in [1.54, 1.807) is 6.21 Å². The van der Waals surface area contributed by atoms with E-state index in [1.165, 1.54) is 12.1 Å². The SMILES string of the molecule is CCCC(C)C=NNc1ccc([N+](=O)[O-])cc1[N+](=O)[O-]. The molecule has 1 aromatic rings. The standard InChI is InChI=1S/C12H16N4O4/c1-3-4-9(2)8-13-14-11-6-5-10(15(17)18)7-12(11)16(19)20/h5-9,14H,3-4H2,1-2H3. The van der Waals surface area contributed by atoms with Crippen molar-refractivity contribution in [1.29, 1.82) is 0 Å². The molecule has 0 aliphatic carbocycles. The van der Waals surface area contributed by atoms with E-state index in [1.807, 2.05) is 6.92 Å². The van der Waals surface area contributed by atoms with E-state index in [0.29, 0.717) is 0 Å². The van der Waals surface area contributed by atoms with Gasteiger partial charge in [-0.15, -0.1) is 0 Å². The van der Waals surface area contributed by atoms with E-state index >= 15 is 0 Å². The lowest BCUT2D eigenvalue weighted by molar-refractivity contribution is -0.393. The van der Waals surface area contributed by atoms with Crippen molar-refractivity contribution in [1.82, 2.24) is 0 Å². The Hall–Kier alpha value is -2.51. The normalized spacial score (nSPS) is 12.3. The van der Waals surface area contributed by atoms with Gasteiger partial charge >= 0.3 is 5.69 Å². The van der Waals surface area contributed by atoms with Gasteiger partial charge < -0.3 is 0 Å². The number of nitrogens with one attached hydrogen (secondary N) is 1. The zero-order valence-electron chi connectivity index (χ0n) is 11.3. The van der Waals surface area contributed by atoms with Crippen molar-refractivity contribution in [2.45, 2.75) is 26.7 Å². The molecule has 1 aromatic carbocycles. The van der Waals surface area contributed by atoms with Crippen LogP contribution in [-0.2, 0) is 0 Å². The second kappa shape index (κ2) is 7.17. The number of nitro groups is 2. The summed E-state index contributed by atoms with van der Waals surface area (Å²) in [6.07, 6.45) is 3.65. The largest absolute Gasteiger partial charge is 0.301 e. The first-order valence-corrected chi connectivity index (χ1v) is 6.17. The molecule has 1 atom stereocenters. The molecule has 0 spiro atoms. The summed E-state index contributed by atoms with van der Waals surface area (Å²) in [6.45, 7) is 4.04. The monoisotopic (exact) mass is 280 g/mol. The zero-order chi connectivity index (χ0) is 15.1. The Morgan fingerprint density at radius 1 is 1.35 bits per heavy atom. The van der Waals surface area contributed by atoms with Gasteiger partial charge in [0.25, 0.3) is 5.69 Å². The summed E-state index contributed by atoms with van der Waals surface area (Å²) >= 11 is 0. The van der Waals surface area contributed by atoms with Crippen LogP contribution in [0.5, 0.6) is 0 Å². The van der Waals surface area contributed by atoms with Gasteiger partial charge in [-0.05, 0) is 18.4 Å². The number of benzene rings is 1. The van der Waals surface area contributed by atoms with Crippen LogP contribution >= 0.6 is 0 Å². The van der Waals surface area contributed by atoms with Gasteiger partial charge in [-0.3, -0.25) is 25.7 Å². The molecular weight excluding hydrogens is 264 g/mol. The molecule has 0 saturated heterocycles. The Labute approximate surface area is 115 Å². The summed E-state index contributed by atoms with van der Waals surface area (Å²) in [5, 5.41) is 25.4. The molecule has 1 N–H and O–H groups in total. The molecule has 0 heterocycles. The van der Waals surface area contributed by atoms with E-state index in [2.05, 4.69) is 17.5 Å². The summed E-state index contributed by atoms with van der Waals surface area (Å²) in [5.41, 5.74) is 1.98. The Morgan fingerprint density at radius 2 is 2.05 bits per heavy atom. The van der Waals surface area contributed by atoms with Crippen LogP contribution in [0.25, 0.3) is 0 Å². The quantitative estimate of drug-likeness (QED) is 0.467. The van der Waals surface area contributed by atoms with Gasteiger partial charge in [-0.1, -0.05) is 20.3 Å². The average Bonchev–Trinajstić information content (AvgIpc) is 2.38. The maximum absolute atomic E-state index is 10.9. The van der Waals surface area contributed by atoms with Gasteiger partial charge in [0.05, 0.1) is 15.9 Å². The highest BCUT2D eigenvalue weighted by Crippen LogP contribution is 2.28. The number of nitrogens with zero attached hydrogens (tertiary/aromatic N) is 3. The summed E-state index contributed by atoms with van der Waals surface area (Å²) < 4.78 is 0. The van der Waals surface area contributed by atoms with Gasteiger partial charge in [0, 0.05) is 12.3 Å². The Bertz CT molecular complexity index is 530. The van der Waals surface area contributed by atoms with Gasteiger partial charge in [-0.25, -0.2) is 0 Å². The van der Waals surface area contributed by atoms with Gasteiger partial charge in [0.2, 0.25) is 0 Å². The third kappa shape index (κ3) is 4.30. The van der Waals surface area contributed by atoms with E-state index < -0.39 is 9.85 Å². The molecule has 20 heavy (non-hydrogen) atoms. The van der Waals surface area contributed by atoms with Crippen LogP contribution in [0, 0.1) is 26.1 Å². The fourth-order valence-corrected chi connectivity index (χ4v) is 1.64. The highest BCUT2D eigenvalue weighted by atomic mass is 16.6. The van der Waals surface area contributed by atoms with Gasteiger partial charge in [-0.2, -0.15) is 5.10 Å². The van der Waals surface area contributed by atoms with Crippen LogP contribution in [0.15, 0.2) is 23.3 Å². The summed E-state index contributed by atoms with van der Waals surface area (Å²) in [7, 11) is 0. The maximum atomic E-state index is 10.9. The van der Waals surface area contributed by atoms with Gasteiger partial charge in [0.1, 0.15) is 5.69 Å². The predicted molar refractivity (Wildman–Crippen MR) is 75.9 cm³/mol. The molecule has 1 unspecified atom stereocenters. The molecule has 8 nitrogen and oxygen atoms in total. The van der Waals surface area contributed by atoms with Crippen molar-refractivity contribution >= 4 is 23.3 Å². The summed E-state index contributed by atoms with van der Waals surface area (Å²) in [5.74, 6) is 0.254. The van der Waals surface area contributed by atoms with Crippen LogP contribution in [0.4, 0.5) is 17.1 Å². The second-order valence-corrected chi connectivity index (χ2v) is 4.37. The van der Waals surface area contributed by atoms with Crippen LogP contribution < -0.4 is 5.43 Å². The van der Waals surface area contributed by atoms with E-state index in [9.17, 15) is 20.2 Å². The van der Waals surface area contributed by atoms with Crippen molar-refractivity contribution in [3.63, 3.8) is 0 Å². The van der Waals surface area contributed by atoms with Crippen LogP contribution in [0.1, 0.15) is 26.7 Å². The molecule has 0 fully saturated rings. The molecule has 0 aliphatic rings. The molecule has 8 heteroatoms. The Balaban J connectivity index is 2.89. The molecule has 108 valence electrons. The average molecular weight is 280 g/mol. The van der Waals surface area contributed by atoms with Crippen molar-refractivity contribution in [3.8, 4) is 0 Å². The number of anilines is 1. The summed E-state index contributed by atoms with van der Waals surface area (Å²) in [4.78, 5) is 20.1. The van der Waals surface area contributed by atoms with Crippen LogP contribution in [0.3, 0.4) is 0 Å². The zero-order valence-corrected chi connectivity index (χ0v) is 11.3. The third-order valence-corrected chi connectivity index (χ3v) is 2.65. The third-order valence-electron chi connectivity index (χ3n) is 2.65. The number of rotatable bonds is 7. The van der Waals surface area contributed by atoms with Crippen molar-refractivity contribution < 1.29 is 9.85 Å². The van der Waals surface area contributed by atoms with E-state index in [-0.39, 0.29) is 23.0 Å². The van der Waals surface area contributed by atoms with Crippen molar-refractivity contribution in [2.24, 2.45) is 11.0 Å². The minimum Gasteiger partial charge on any atom is -0.272 e. The lowest BCUT2D eigenvalue weighted by Gasteiger charge is -2.04. The van der Waals surface area contributed by atoms with Crippen molar-refractivity contribution in [3.05, 3.63) is 38.4 Å². The smallest absolute Gasteiger partial charge is 0.272 e. The molecule has 0 bridgehead atoms. The minimum atomic E-state index is -0.680. The van der Waals surface area contributed by atoms with E-state index in [4.69, 9.17) is 0 Å². The maximum Gasteiger partial charge on any atom is 0.301 e. The number of non-ortho nitro benzene ring substituents is 1. The first-order chi connectivity index (χ1) is 9.45. The molecule has 1 rings (SSSR count). The molecule has 0 aromatic heterocycles. The number of hydrazone groups is 1.